The SMILES string of the molecule is Cc1cc(I)ccc1Nc1c(C(=O)O)cc(C(=O)N2CC[C@@H](O)C2)c(F)c1F. The number of anilines is 2. The zero-order chi connectivity index (χ0) is 20.6. The molecule has 2 aromatic carbocycles. The van der Waals surface area contributed by atoms with E-state index < -0.39 is 46.4 Å². The third-order valence-corrected chi connectivity index (χ3v) is 5.24. The molecule has 1 atom stereocenters. The second-order valence-electron chi connectivity index (χ2n) is 6.56. The van der Waals surface area contributed by atoms with Crippen molar-refractivity contribution in [1.82, 2.24) is 4.90 Å². The lowest BCUT2D eigenvalue weighted by molar-refractivity contribution is 0.0697. The number of hydrogen-bond donors (Lipinski definition) is 3. The Kier molecular flexibility index (Phi) is 5.84. The van der Waals surface area contributed by atoms with Gasteiger partial charge in [0.25, 0.3) is 5.91 Å². The van der Waals surface area contributed by atoms with E-state index in [0.29, 0.717) is 17.7 Å². The average molecular weight is 502 g/mol. The van der Waals surface area contributed by atoms with Crippen molar-refractivity contribution in [1.29, 1.82) is 0 Å². The number of carbonyl (C=O) groups is 2. The number of aliphatic hydroxyl groups is 1. The first-order chi connectivity index (χ1) is 13.2. The van der Waals surface area contributed by atoms with Gasteiger partial charge < -0.3 is 20.4 Å². The molecule has 6 nitrogen and oxygen atoms in total. The second kappa shape index (κ2) is 8.00. The van der Waals surface area contributed by atoms with E-state index in [1.807, 2.05) is 0 Å². The molecule has 9 heteroatoms. The zero-order valence-electron chi connectivity index (χ0n) is 14.8. The lowest BCUT2D eigenvalue weighted by atomic mass is 10.0. The standard InChI is InChI=1S/C19H17F2IN2O4/c1-9-6-10(22)2-3-14(9)23-17-13(19(27)28)7-12(15(20)16(17)21)18(26)24-5-4-11(25)8-24/h2-3,6-7,11,23,25H,4-5,8H2,1H3,(H,27,28)/t11-/m1/s1. The van der Waals surface area contributed by atoms with Gasteiger partial charge in [-0.15, -0.1) is 0 Å². The number of β-amino-alcohol motifs (C(OH)–C–C–N with tert-alkyl or cyclic N) is 1. The number of aliphatic hydroxyl groups excluding tert-OH is 1. The first kappa shape index (κ1) is 20.5. The van der Waals surface area contributed by atoms with Crippen LogP contribution in [0.1, 0.15) is 32.7 Å². The number of nitrogens with zero attached hydrogens (tertiary/aromatic N) is 1. The Hall–Kier alpha value is -2.27. The Balaban J connectivity index is 2.05. The van der Waals surface area contributed by atoms with Crippen LogP contribution in [0.2, 0.25) is 0 Å². The van der Waals surface area contributed by atoms with Crippen molar-refractivity contribution in [2.45, 2.75) is 19.4 Å². The van der Waals surface area contributed by atoms with Gasteiger partial charge in [0.2, 0.25) is 0 Å². The summed E-state index contributed by atoms with van der Waals surface area (Å²) in [4.78, 5) is 25.3. The molecular formula is C19H17F2IN2O4. The summed E-state index contributed by atoms with van der Waals surface area (Å²) in [5.41, 5.74) is -0.640. The third-order valence-electron chi connectivity index (χ3n) is 4.57. The van der Waals surface area contributed by atoms with Gasteiger partial charge in [0, 0.05) is 22.3 Å². The van der Waals surface area contributed by atoms with Crippen LogP contribution in [0.3, 0.4) is 0 Å². The van der Waals surface area contributed by atoms with Gasteiger partial charge >= 0.3 is 5.97 Å². The maximum Gasteiger partial charge on any atom is 0.337 e. The second-order valence-corrected chi connectivity index (χ2v) is 7.80. The minimum Gasteiger partial charge on any atom is -0.478 e. The summed E-state index contributed by atoms with van der Waals surface area (Å²) >= 11 is 2.10. The molecule has 3 N–H and O–H groups in total. The number of rotatable bonds is 4. The predicted molar refractivity (Wildman–Crippen MR) is 107 cm³/mol. The van der Waals surface area contributed by atoms with Gasteiger partial charge in [0.15, 0.2) is 11.6 Å². The smallest absolute Gasteiger partial charge is 0.337 e. The maximum absolute atomic E-state index is 14.8. The lowest BCUT2D eigenvalue weighted by Crippen LogP contribution is -2.31. The van der Waals surface area contributed by atoms with Crippen LogP contribution in [0.25, 0.3) is 0 Å². The number of hydrogen-bond acceptors (Lipinski definition) is 4. The van der Waals surface area contributed by atoms with Crippen LogP contribution in [-0.4, -0.2) is 46.2 Å². The number of carboxylic acid groups (broad SMARTS) is 1. The molecule has 2 aromatic rings. The molecule has 0 bridgehead atoms. The molecule has 1 fully saturated rings. The number of aromatic carboxylic acids is 1. The summed E-state index contributed by atoms with van der Waals surface area (Å²) in [6.07, 6.45) is -0.409. The lowest BCUT2D eigenvalue weighted by Gasteiger charge is -2.19. The number of halogens is 3. The van der Waals surface area contributed by atoms with E-state index in [9.17, 15) is 28.6 Å². The van der Waals surface area contributed by atoms with E-state index >= 15 is 0 Å². The fourth-order valence-electron chi connectivity index (χ4n) is 3.07. The molecule has 1 heterocycles. The highest BCUT2D eigenvalue weighted by molar-refractivity contribution is 14.1. The highest BCUT2D eigenvalue weighted by Crippen LogP contribution is 2.31. The molecule has 28 heavy (non-hydrogen) atoms. The van der Waals surface area contributed by atoms with E-state index in [-0.39, 0.29) is 13.1 Å². The quantitative estimate of drug-likeness (QED) is 0.557. The molecule has 0 radical (unpaired) electrons. The normalized spacial score (nSPS) is 16.3. The number of nitrogens with one attached hydrogen (secondary N) is 1. The van der Waals surface area contributed by atoms with E-state index in [4.69, 9.17) is 0 Å². The molecule has 0 saturated carbocycles. The summed E-state index contributed by atoms with van der Waals surface area (Å²) in [5.74, 6) is -5.23. The summed E-state index contributed by atoms with van der Waals surface area (Å²) in [5, 5.41) is 21.7. The molecule has 1 aliphatic rings. The Bertz CT molecular complexity index is 967. The van der Waals surface area contributed by atoms with Crippen LogP contribution in [0.4, 0.5) is 20.2 Å². The number of likely N-dealkylation sites (tertiary alicyclic amines) is 1. The predicted octanol–water partition coefficient (Wildman–Crippen LogP) is 3.53. The Morgan fingerprint density at radius 1 is 1.21 bits per heavy atom. The van der Waals surface area contributed by atoms with Crippen LogP contribution in [-0.2, 0) is 0 Å². The highest BCUT2D eigenvalue weighted by atomic mass is 127. The monoisotopic (exact) mass is 502 g/mol. The van der Waals surface area contributed by atoms with Crippen molar-refractivity contribution in [2.24, 2.45) is 0 Å². The van der Waals surface area contributed by atoms with Crippen LogP contribution < -0.4 is 5.32 Å². The third kappa shape index (κ3) is 3.95. The minimum absolute atomic E-state index is 0.00978. The molecule has 1 aliphatic heterocycles. The molecule has 0 unspecified atom stereocenters. The van der Waals surface area contributed by atoms with Gasteiger partial charge in [0.05, 0.1) is 22.9 Å². The van der Waals surface area contributed by atoms with Crippen molar-refractivity contribution in [3.05, 3.63) is 56.2 Å². The van der Waals surface area contributed by atoms with Crippen LogP contribution in [0, 0.1) is 22.1 Å². The van der Waals surface area contributed by atoms with E-state index in [1.165, 1.54) is 4.90 Å². The van der Waals surface area contributed by atoms with E-state index in [1.54, 1.807) is 25.1 Å². The van der Waals surface area contributed by atoms with Gasteiger partial charge in [-0.1, -0.05) is 0 Å². The topological polar surface area (TPSA) is 89.9 Å². The average Bonchev–Trinajstić information content (AvgIpc) is 3.06. The molecule has 0 spiro atoms. The maximum atomic E-state index is 14.8. The molecular weight excluding hydrogens is 485 g/mol. The van der Waals surface area contributed by atoms with E-state index in [2.05, 4.69) is 27.9 Å². The first-order valence-corrected chi connectivity index (χ1v) is 9.52. The van der Waals surface area contributed by atoms with Crippen molar-refractivity contribution in [3.63, 3.8) is 0 Å². The molecule has 1 saturated heterocycles. The molecule has 1 amide bonds. The summed E-state index contributed by atoms with van der Waals surface area (Å²) in [6.45, 7) is 1.92. The zero-order valence-corrected chi connectivity index (χ0v) is 17.0. The highest BCUT2D eigenvalue weighted by Gasteiger charge is 2.31. The molecule has 3 rings (SSSR count). The molecule has 0 aliphatic carbocycles. The van der Waals surface area contributed by atoms with E-state index in [0.717, 1.165) is 9.64 Å². The number of amides is 1. The first-order valence-electron chi connectivity index (χ1n) is 8.44. The summed E-state index contributed by atoms with van der Waals surface area (Å²) < 4.78 is 30.4. The van der Waals surface area contributed by atoms with Crippen molar-refractivity contribution >= 4 is 45.8 Å². The number of benzene rings is 2. The molecule has 148 valence electrons. The van der Waals surface area contributed by atoms with Crippen LogP contribution >= 0.6 is 22.6 Å². The van der Waals surface area contributed by atoms with Gasteiger partial charge in [-0.25, -0.2) is 13.6 Å². The Morgan fingerprint density at radius 3 is 2.50 bits per heavy atom. The van der Waals surface area contributed by atoms with Gasteiger partial charge in [-0.2, -0.15) is 0 Å². The van der Waals surface area contributed by atoms with Crippen molar-refractivity contribution in [2.75, 3.05) is 18.4 Å². The Morgan fingerprint density at radius 2 is 1.93 bits per heavy atom. The fraction of sp³-hybridized carbons (Fsp3) is 0.263. The number of aryl methyl sites for hydroxylation is 1. The molecule has 0 aromatic heterocycles. The minimum atomic E-state index is -1.50. The van der Waals surface area contributed by atoms with Gasteiger partial charge in [-0.05, 0) is 65.8 Å². The van der Waals surface area contributed by atoms with Gasteiger partial charge in [-0.3, -0.25) is 4.79 Å². The van der Waals surface area contributed by atoms with Crippen LogP contribution in [0.15, 0.2) is 24.3 Å². The van der Waals surface area contributed by atoms with Gasteiger partial charge in [0.1, 0.15) is 0 Å². The largest absolute Gasteiger partial charge is 0.478 e. The fourth-order valence-corrected chi connectivity index (χ4v) is 3.72. The number of carboxylic acids is 1. The summed E-state index contributed by atoms with van der Waals surface area (Å²) in [6, 6.07) is 6.00. The summed E-state index contributed by atoms with van der Waals surface area (Å²) in [7, 11) is 0. The number of carbonyl (C=O) groups excluding carboxylic acids is 1. The van der Waals surface area contributed by atoms with Crippen molar-refractivity contribution in [3.8, 4) is 0 Å². The van der Waals surface area contributed by atoms with Crippen molar-refractivity contribution < 1.29 is 28.6 Å². The van der Waals surface area contributed by atoms with Crippen LogP contribution in [0.5, 0.6) is 0 Å². The Labute approximate surface area is 173 Å².